The maximum Gasteiger partial charge on any atom is 0.252 e. The molecule has 2 rings (SSSR count). The first-order chi connectivity index (χ1) is 8.91. The van der Waals surface area contributed by atoms with E-state index in [4.69, 9.17) is 0 Å². The van der Waals surface area contributed by atoms with Crippen molar-refractivity contribution in [2.24, 2.45) is 0 Å². The zero-order valence-electron chi connectivity index (χ0n) is 10.9. The molecule has 7 nitrogen and oxygen atoms in total. The molecule has 1 aliphatic heterocycles. The zero-order chi connectivity index (χ0) is 14.0. The van der Waals surface area contributed by atoms with E-state index in [-0.39, 0.29) is 18.9 Å². The van der Waals surface area contributed by atoms with Gasteiger partial charge in [0.05, 0.1) is 0 Å². The molecule has 0 radical (unpaired) electrons. The van der Waals surface area contributed by atoms with Crippen molar-refractivity contribution in [1.82, 2.24) is 20.0 Å². The SMILES string of the molecule is CC1(C)C(=O)NC(=O)CN1C(=O)CCn1cccn1. The summed E-state index contributed by atoms with van der Waals surface area (Å²) >= 11 is 0. The summed E-state index contributed by atoms with van der Waals surface area (Å²) in [6.45, 7) is 3.59. The summed E-state index contributed by atoms with van der Waals surface area (Å²) in [5.41, 5.74) is -1.00. The van der Waals surface area contributed by atoms with Crippen LogP contribution in [0.4, 0.5) is 0 Å². The fraction of sp³-hybridized carbons (Fsp3) is 0.500. The van der Waals surface area contributed by atoms with Crippen LogP contribution in [0.25, 0.3) is 0 Å². The molecular formula is C12H16N4O3. The van der Waals surface area contributed by atoms with Gasteiger partial charge < -0.3 is 4.90 Å². The number of nitrogens with one attached hydrogen (secondary N) is 1. The van der Waals surface area contributed by atoms with Gasteiger partial charge in [-0.15, -0.1) is 0 Å². The van der Waals surface area contributed by atoms with Crippen LogP contribution < -0.4 is 5.32 Å². The topological polar surface area (TPSA) is 84.3 Å². The van der Waals surface area contributed by atoms with Gasteiger partial charge in [-0.3, -0.25) is 24.4 Å². The Kier molecular flexibility index (Phi) is 3.37. The van der Waals surface area contributed by atoms with Crippen molar-refractivity contribution in [2.45, 2.75) is 32.4 Å². The number of rotatable bonds is 3. The fourth-order valence-electron chi connectivity index (χ4n) is 1.96. The van der Waals surface area contributed by atoms with Crippen molar-refractivity contribution in [3.05, 3.63) is 18.5 Å². The first-order valence-electron chi connectivity index (χ1n) is 6.03. The third-order valence-corrected chi connectivity index (χ3v) is 3.20. The zero-order valence-corrected chi connectivity index (χ0v) is 10.9. The molecule has 1 saturated heterocycles. The van der Waals surface area contributed by atoms with E-state index in [1.807, 2.05) is 0 Å². The number of carbonyl (C=O) groups excluding carboxylic acids is 3. The smallest absolute Gasteiger partial charge is 0.252 e. The number of hydrogen-bond acceptors (Lipinski definition) is 4. The molecule has 1 aliphatic rings. The van der Waals surface area contributed by atoms with Gasteiger partial charge in [0.1, 0.15) is 12.1 Å². The summed E-state index contributed by atoms with van der Waals surface area (Å²) in [6, 6.07) is 1.77. The van der Waals surface area contributed by atoms with Gasteiger partial charge in [0.25, 0.3) is 5.91 Å². The normalized spacial score (nSPS) is 18.3. The predicted molar refractivity (Wildman–Crippen MR) is 65.8 cm³/mol. The van der Waals surface area contributed by atoms with E-state index in [1.54, 1.807) is 37.0 Å². The molecule has 0 bridgehead atoms. The number of piperazine rings is 1. The Labute approximate surface area is 110 Å². The van der Waals surface area contributed by atoms with E-state index < -0.39 is 17.4 Å². The first-order valence-corrected chi connectivity index (χ1v) is 6.03. The Morgan fingerprint density at radius 3 is 2.84 bits per heavy atom. The second-order valence-electron chi connectivity index (χ2n) is 4.94. The number of aryl methyl sites for hydroxylation is 1. The van der Waals surface area contributed by atoms with Crippen molar-refractivity contribution in [2.75, 3.05) is 6.54 Å². The Balaban J connectivity index is 2.04. The first kappa shape index (κ1) is 13.3. The minimum Gasteiger partial charge on any atom is -0.319 e. The summed E-state index contributed by atoms with van der Waals surface area (Å²) in [5.74, 6) is -1.13. The maximum absolute atomic E-state index is 12.2. The van der Waals surface area contributed by atoms with Crippen LogP contribution >= 0.6 is 0 Å². The van der Waals surface area contributed by atoms with Crippen LogP contribution in [-0.4, -0.2) is 44.5 Å². The molecule has 1 fully saturated rings. The maximum atomic E-state index is 12.2. The van der Waals surface area contributed by atoms with Crippen LogP contribution in [0.1, 0.15) is 20.3 Å². The molecule has 0 atom stereocenters. The largest absolute Gasteiger partial charge is 0.319 e. The molecule has 1 aromatic rings. The highest BCUT2D eigenvalue weighted by Gasteiger charge is 2.43. The molecule has 0 aromatic carbocycles. The van der Waals surface area contributed by atoms with Crippen molar-refractivity contribution in [3.8, 4) is 0 Å². The number of aromatic nitrogens is 2. The van der Waals surface area contributed by atoms with E-state index in [0.717, 1.165) is 0 Å². The van der Waals surface area contributed by atoms with Gasteiger partial charge in [0, 0.05) is 25.4 Å². The van der Waals surface area contributed by atoms with Crippen molar-refractivity contribution >= 4 is 17.7 Å². The fourth-order valence-corrected chi connectivity index (χ4v) is 1.96. The van der Waals surface area contributed by atoms with E-state index >= 15 is 0 Å². The lowest BCUT2D eigenvalue weighted by Crippen LogP contribution is -2.65. The second-order valence-corrected chi connectivity index (χ2v) is 4.94. The van der Waals surface area contributed by atoms with Gasteiger partial charge in [-0.05, 0) is 19.9 Å². The summed E-state index contributed by atoms with van der Waals surface area (Å²) in [6.07, 6.45) is 3.59. The second kappa shape index (κ2) is 4.83. The highest BCUT2D eigenvalue weighted by Crippen LogP contribution is 2.19. The lowest BCUT2D eigenvalue weighted by atomic mass is 9.98. The summed E-state index contributed by atoms with van der Waals surface area (Å²) in [4.78, 5) is 36.6. The van der Waals surface area contributed by atoms with Gasteiger partial charge in [-0.1, -0.05) is 0 Å². The third-order valence-electron chi connectivity index (χ3n) is 3.20. The van der Waals surface area contributed by atoms with E-state index in [0.29, 0.717) is 6.54 Å². The minimum absolute atomic E-state index is 0.0866. The van der Waals surface area contributed by atoms with Gasteiger partial charge in [-0.2, -0.15) is 5.10 Å². The lowest BCUT2D eigenvalue weighted by Gasteiger charge is -2.40. The molecule has 1 aromatic heterocycles. The quantitative estimate of drug-likeness (QED) is 0.748. The molecule has 7 heteroatoms. The summed E-state index contributed by atoms with van der Waals surface area (Å²) < 4.78 is 1.64. The van der Waals surface area contributed by atoms with Crippen LogP contribution in [0.2, 0.25) is 0 Å². The predicted octanol–water partition coefficient (Wildman–Crippen LogP) is -0.463. The van der Waals surface area contributed by atoms with E-state index in [1.165, 1.54) is 4.90 Å². The van der Waals surface area contributed by atoms with Gasteiger partial charge in [-0.25, -0.2) is 0 Å². The van der Waals surface area contributed by atoms with Gasteiger partial charge in [0.15, 0.2) is 0 Å². The minimum atomic E-state index is -1.00. The number of amides is 3. The number of nitrogens with zero attached hydrogens (tertiary/aromatic N) is 3. The molecular weight excluding hydrogens is 248 g/mol. The molecule has 102 valence electrons. The Hall–Kier alpha value is -2.18. The van der Waals surface area contributed by atoms with Crippen LogP contribution in [0.5, 0.6) is 0 Å². The molecule has 0 spiro atoms. The standard InChI is InChI=1S/C12H16N4O3/c1-12(2)11(19)14-9(17)8-16(12)10(18)4-7-15-6-3-5-13-15/h3,5-6H,4,7-8H2,1-2H3,(H,14,17,19). The van der Waals surface area contributed by atoms with Crippen molar-refractivity contribution < 1.29 is 14.4 Å². The van der Waals surface area contributed by atoms with E-state index in [2.05, 4.69) is 10.4 Å². The highest BCUT2D eigenvalue weighted by atomic mass is 16.2. The van der Waals surface area contributed by atoms with Crippen LogP contribution in [0, 0.1) is 0 Å². The van der Waals surface area contributed by atoms with E-state index in [9.17, 15) is 14.4 Å². The Morgan fingerprint density at radius 2 is 2.21 bits per heavy atom. The van der Waals surface area contributed by atoms with Crippen LogP contribution in [0.15, 0.2) is 18.5 Å². The summed E-state index contributed by atoms with van der Waals surface area (Å²) in [7, 11) is 0. The van der Waals surface area contributed by atoms with Crippen LogP contribution in [-0.2, 0) is 20.9 Å². The average molecular weight is 264 g/mol. The number of hydrogen-bond donors (Lipinski definition) is 1. The van der Waals surface area contributed by atoms with Crippen molar-refractivity contribution in [3.63, 3.8) is 0 Å². The third kappa shape index (κ3) is 2.64. The molecule has 0 unspecified atom stereocenters. The summed E-state index contributed by atoms with van der Waals surface area (Å²) in [5, 5.41) is 6.23. The molecule has 1 N–H and O–H groups in total. The van der Waals surface area contributed by atoms with Gasteiger partial charge in [0.2, 0.25) is 11.8 Å². The average Bonchev–Trinajstić information content (AvgIpc) is 2.84. The molecule has 0 saturated carbocycles. The van der Waals surface area contributed by atoms with Gasteiger partial charge >= 0.3 is 0 Å². The number of imide groups is 1. The monoisotopic (exact) mass is 264 g/mol. The van der Waals surface area contributed by atoms with Crippen LogP contribution in [0.3, 0.4) is 0 Å². The number of carbonyl (C=O) groups is 3. The molecule has 19 heavy (non-hydrogen) atoms. The lowest BCUT2D eigenvalue weighted by molar-refractivity contribution is -0.155. The molecule has 3 amide bonds. The molecule has 2 heterocycles. The Bertz CT molecular complexity index is 507. The van der Waals surface area contributed by atoms with Crippen molar-refractivity contribution in [1.29, 1.82) is 0 Å². The Morgan fingerprint density at radius 1 is 1.47 bits per heavy atom. The molecule has 0 aliphatic carbocycles. The highest BCUT2D eigenvalue weighted by molar-refractivity contribution is 6.06.